The van der Waals surface area contributed by atoms with Gasteiger partial charge in [-0.2, -0.15) is 18.4 Å². The summed E-state index contributed by atoms with van der Waals surface area (Å²) < 4.78 is 36.3. The quantitative estimate of drug-likeness (QED) is 0.432. The Balaban J connectivity index is 0.00000441. The number of benzene rings is 1. The monoisotopic (exact) mass is 426 g/mol. The van der Waals surface area contributed by atoms with Crippen molar-refractivity contribution in [2.24, 2.45) is 4.99 Å². The molecule has 0 aliphatic rings. The summed E-state index contributed by atoms with van der Waals surface area (Å²) in [4.78, 5) is 4.20. The number of halogens is 4. The Morgan fingerprint density at radius 1 is 1.32 bits per heavy atom. The van der Waals surface area contributed by atoms with Gasteiger partial charge in [0.25, 0.3) is 0 Å². The topological polar surface area (TPSA) is 60.2 Å². The second-order valence-electron chi connectivity index (χ2n) is 4.30. The molecular weight excluding hydrogens is 408 g/mol. The molecule has 0 atom stereocenters. The molecule has 0 radical (unpaired) electrons. The van der Waals surface area contributed by atoms with Crippen molar-refractivity contribution in [2.45, 2.75) is 26.1 Å². The Hall–Kier alpha value is -1.50. The van der Waals surface area contributed by atoms with Crippen molar-refractivity contribution >= 4 is 29.9 Å². The molecule has 0 aliphatic heterocycles. The number of rotatable bonds is 5. The fraction of sp³-hybridized carbons (Fsp3) is 0.429. The molecule has 4 nitrogen and oxygen atoms in total. The first-order valence-corrected chi connectivity index (χ1v) is 6.52. The highest BCUT2D eigenvalue weighted by Gasteiger charge is 2.26. The predicted octanol–water partition coefficient (Wildman–Crippen LogP) is 3.18. The van der Waals surface area contributed by atoms with E-state index in [1.807, 2.05) is 19.1 Å². The maximum Gasteiger partial charge on any atom is 0.390 e. The first kappa shape index (κ1) is 20.5. The molecule has 0 aromatic heterocycles. The summed E-state index contributed by atoms with van der Waals surface area (Å²) >= 11 is 0. The van der Waals surface area contributed by atoms with Crippen molar-refractivity contribution < 1.29 is 13.2 Å². The molecule has 2 N–H and O–H groups in total. The molecule has 0 aliphatic carbocycles. The highest BCUT2D eigenvalue weighted by molar-refractivity contribution is 14.0. The lowest BCUT2D eigenvalue weighted by Crippen LogP contribution is -2.38. The van der Waals surface area contributed by atoms with Gasteiger partial charge >= 0.3 is 6.18 Å². The summed E-state index contributed by atoms with van der Waals surface area (Å²) in [6, 6.07) is 8.96. The molecule has 1 rings (SSSR count). The van der Waals surface area contributed by atoms with Gasteiger partial charge < -0.3 is 10.6 Å². The summed E-state index contributed by atoms with van der Waals surface area (Å²) in [5, 5.41) is 14.3. The van der Waals surface area contributed by atoms with Crippen LogP contribution < -0.4 is 10.6 Å². The molecule has 22 heavy (non-hydrogen) atoms. The fourth-order valence-electron chi connectivity index (χ4n) is 1.57. The maximum atomic E-state index is 12.1. The van der Waals surface area contributed by atoms with E-state index in [2.05, 4.69) is 15.6 Å². The largest absolute Gasteiger partial charge is 0.390 e. The van der Waals surface area contributed by atoms with E-state index in [-0.39, 0.29) is 37.1 Å². The van der Waals surface area contributed by atoms with Gasteiger partial charge in [-0.25, -0.2) is 4.99 Å². The first-order chi connectivity index (χ1) is 9.94. The van der Waals surface area contributed by atoms with Gasteiger partial charge in [0.15, 0.2) is 5.96 Å². The summed E-state index contributed by atoms with van der Waals surface area (Å²) in [7, 11) is 0. The summed E-state index contributed by atoms with van der Waals surface area (Å²) in [6.07, 6.45) is -5.10. The summed E-state index contributed by atoms with van der Waals surface area (Å²) in [5.74, 6) is 0.323. The SMILES string of the molecule is CCNC(=NCc1cccc(C#N)c1)NCCC(F)(F)F.I. The van der Waals surface area contributed by atoms with Crippen molar-refractivity contribution in [3.05, 3.63) is 35.4 Å². The van der Waals surface area contributed by atoms with E-state index in [0.717, 1.165) is 5.56 Å². The van der Waals surface area contributed by atoms with E-state index in [1.165, 1.54) is 0 Å². The number of guanidine groups is 1. The van der Waals surface area contributed by atoms with Crippen molar-refractivity contribution in [3.63, 3.8) is 0 Å². The van der Waals surface area contributed by atoms with Gasteiger partial charge in [0, 0.05) is 13.1 Å². The van der Waals surface area contributed by atoms with Crippen molar-refractivity contribution in [2.75, 3.05) is 13.1 Å². The minimum atomic E-state index is -4.19. The lowest BCUT2D eigenvalue weighted by Gasteiger charge is -2.12. The van der Waals surface area contributed by atoms with E-state index in [9.17, 15) is 13.2 Å². The van der Waals surface area contributed by atoms with E-state index in [1.54, 1.807) is 18.2 Å². The van der Waals surface area contributed by atoms with E-state index >= 15 is 0 Å². The molecule has 8 heteroatoms. The third-order valence-corrected chi connectivity index (χ3v) is 2.52. The van der Waals surface area contributed by atoms with E-state index in [4.69, 9.17) is 5.26 Å². The zero-order valence-electron chi connectivity index (χ0n) is 12.1. The Morgan fingerprint density at radius 2 is 2.05 bits per heavy atom. The second-order valence-corrected chi connectivity index (χ2v) is 4.30. The van der Waals surface area contributed by atoms with Gasteiger partial charge in [0.2, 0.25) is 0 Å². The van der Waals surface area contributed by atoms with Crippen LogP contribution in [-0.2, 0) is 6.54 Å². The predicted molar refractivity (Wildman–Crippen MR) is 90.1 cm³/mol. The zero-order valence-corrected chi connectivity index (χ0v) is 14.4. The van der Waals surface area contributed by atoms with Crippen molar-refractivity contribution in [1.82, 2.24) is 10.6 Å². The standard InChI is InChI=1S/C14H17F3N4.HI/c1-2-19-13(20-7-6-14(15,16)17)21-10-12-5-3-4-11(8-12)9-18;/h3-5,8H,2,6-7,10H2,1H3,(H2,19,20,21);1H. The summed E-state index contributed by atoms with van der Waals surface area (Å²) in [6.45, 7) is 2.44. The van der Waals surface area contributed by atoms with Gasteiger partial charge in [-0.15, -0.1) is 24.0 Å². The number of nitrogens with one attached hydrogen (secondary N) is 2. The molecule has 1 aromatic carbocycles. The van der Waals surface area contributed by atoms with Gasteiger partial charge in [-0.1, -0.05) is 12.1 Å². The van der Waals surface area contributed by atoms with E-state index in [0.29, 0.717) is 18.1 Å². The molecule has 1 aromatic rings. The van der Waals surface area contributed by atoms with Gasteiger partial charge in [0.1, 0.15) is 0 Å². The highest BCUT2D eigenvalue weighted by atomic mass is 127. The molecule has 0 unspecified atom stereocenters. The van der Waals surface area contributed by atoms with Crippen LogP contribution in [0.15, 0.2) is 29.3 Å². The minimum Gasteiger partial charge on any atom is -0.357 e. The van der Waals surface area contributed by atoms with Gasteiger partial charge in [-0.3, -0.25) is 0 Å². The van der Waals surface area contributed by atoms with Crippen molar-refractivity contribution in [3.8, 4) is 6.07 Å². The molecular formula is C14H18F3IN4. The first-order valence-electron chi connectivity index (χ1n) is 6.52. The van der Waals surface area contributed by atoms with Crippen LogP contribution in [-0.4, -0.2) is 25.2 Å². The van der Waals surface area contributed by atoms with Gasteiger partial charge in [0.05, 0.1) is 24.6 Å². The Bertz CT molecular complexity index is 524. The number of aliphatic imine (C=N–C) groups is 1. The number of alkyl halides is 3. The van der Waals surface area contributed by atoms with Crippen LogP contribution in [0.25, 0.3) is 0 Å². The Labute approximate surface area is 144 Å². The van der Waals surface area contributed by atoms with Crippen LogP contribution in [0.3, 0.4) is 0 Å². The van der Waals surface area contributed by atoms with Crippen LogP contribution in [0, 0.1) is 11.3 Å². The zero-order chi connectivity index (χ0) is 15.7. The molecule has 0 saturated heterocycles. The van der Waals surface area contributed by atoms with Gasteiger partial charge in [-0.05, 0) is 24.6 Å². The van der Waals surface area contributed by atoms with Crippen LogP contribution >= 0.6 is 24.0 Å². The minimum absolute atomic E-state index is 0. The van der Waals surface area contributed by atoms with Crippen LogP contribution in [0.1, 0.15) is 24.5 Å². The average molecular weight is 426 g/mol. The number of nitriles is 1. The van der Waals surface area contributed by atoms with E-state index < -0.39 is 12.6 Å². The molecule has 122 valence electrons. The average Bonchev–Trinajstić information content (AvgIpc) is 2.43. The normalized spacial score (nSPS) is 11.3. The summed E-state index contributed by atoms with van der Waals surface area (Å²) in [5.41, 5.74) is 1.35. The fourth-order valence-corrected chi connectivity index (χ4v) is 1.57. The molecule has 0 saturated carbocycles. The molecule has 0 fully saturated rings. The second kappa shape index (κ2) is 10.3. The molecule has 0 bridgehead atoms. The lowest BCUT2D eigenvalue weighted by atomic mass is 10.1. The molecule has 0 amide bonds. The molecule has 0 heterocycles. The van der Waals surface area contributed by atoms with Crippen LogP contribution in [0.4, 0.5) is 13.2 Å². The molecule has 0 spiro atoms. The highest BCUT2D eigenvalue weighted by Crippen LogP contribution is 2.18. The van der Waals surface area contributed by atoms with Crippen LogP contribution in [0.2, 0.25) is 0 Å². The third kappa shape index (κ3) is 8.71. The number of hydrogen-bond acceptors (Lipinski definition) is 2. The third-order valence-electron chi connectivity index (χ3n) is 2.52. The Kier molecular flexibility index (Phi) is 9.56. The number of hydrogen-bond donors (Lipinski definition) is 2. The van der Waals surface area contributed by atoms with Crippen molar-refractivity contribution in [1.29, 1.82) is 5.26 Å². The maximum absolute atomic E-state index is 12.1. The smallest absolute Gasteiger partial charge is 0.357 e. The van der Waals surface area contributed by atoms with Crippen LogP contribution in [0.5, 0.6) is 0 Å². The Morgan fingerprint density at radius 3 is 2.64 bits per heavy atom. The lowest BCUT2D eigenvalue weighted by molar-refractivity contribution is -0.132. The number of nitrogens with zero attached hydrogens (tertiary/aromatic N) is 2.